The van der Waals surface area contributed by atoms with Gasteiger partial charge in [0.25, 0.3) is 5.91 Å². The first kappa shape index (κ1) is 14.5. The average Bonchev–Trinajstić information content (AvgIpc) is 2.34. The van der Waals surface area contributed by atoms with E-state index in [1.54, 1.807) is 18.2 Å². The van der Waals surface area contributed by atoms with Crippen LogP contribution >= 0.6 is 15.9 Å². The number of nitrogens with two attached hydrogens (primary N) is 1. The van der Waals surface area contributed by atoms with Crippen LogP contribution in [0.5, 0.6) is 0 Å². The summed E-state index contributed by atoms with van der Waals surface area (Å²) in [5.41, 5.74) is 9.14. The van der Waals surface area contributed by atoms with Gasteiger partial charge in [-0.3, -0.25) is 4.79 Å². The third-order valence-corrected chi connectivity index (χ3v) is 3.44. The number of nitrogen functional groups attached to an aromatic ring is 1. The second kappa shape index (κ2) is 5.63. The molecule has 0 aromatic heterocycles. The maximum atomic E-state index is 13.3. The molecule has 0 unspecified atom stereocenters. The largest absolute Gasteiger partial charge is 0.399 e. The first-order valence-corrected chi connectivity index (χ1v) is 6.80. The van der Waals surface area contributed by atoms with Crippen LogP contribution in [0.25, 0.3) is 0 Å². The normalized spacial score (nSPS) is 10.4. The Morgan fingerprint density at radius 3 is 2.50 bits per heavy atom. The van der Waals surface area contributed by atoms with Gasteiger partial charge in [0, 0.05) is 21.4 Å². The van der Waals surface area contributed by atoms with Gasteiger partial charge in [0.05, 0.1) is 0 Å². The zero-order chi connectivity index (χ0) is 14.9. The second-order valence-corrected chi connectivity index (χ2v) is 5.55. The lowest BCUT2D eigenvalue weighted by Gasteiger charge is -2.11. The molecule has 3 N–H and O–H groups in total. The minimum absolute atomic E-state index is 0.255. The molecule has 0 bridgehead atoms. The van der Waals surface area contributed by atoms with Gasteiger partial charge in [-0.15, -0.1) is 0 Å². The van der Waals surface area contributed by atoms with Gasteiger partial charge in [-0.1, -0.05) is 15.9 Å². The van der Waals surface area contributed by atoms with Crippen LogP contribution in [0.15, 0.2) is 34.8 Å². The average molecular weight is 337 g/mol. The van der Waals surface area contributed by atoms with Gasteiger partial charge < -0.3 is 11.1 Å². The molecule has 1 amide bonds. The van der Waals surface area contributed by atoms with Crippen molar-refractivity contribution in [3.63, 3.8) is 0 Å². The lowest BCUT2D eigenvalue weighted by Crippen LogP contribution is -2.13. The molecule has 2 rings (SSSR count). The molecule has 0 atom stereocenters. The predicted molar refractivity (Wildman–Crippen MR) is 82.4 cm³/mol. The van der Waals surface area contributed by atoms with Crippen LogP contribution in [-0.4, -0.2) is 5.91 Å². The van der Waals surface area contributed by atoms with Crippen LogP contribution in [0.2, 0.25) is 0 Å². The number of anilines is 2. The van der Waals surface area contributed by atoms with Gasteiger partial charge in [0.1, 0.15) is 5.82 Å². The van der Waals surface area contributed by atoms with E-state index in [1.165, 1.54) is 12.1 Å². The number of halogens is 2. The van der Waals surface area contributed by atoms with Crippen molar-refractivity contribution < 1.29 is 9.18 Å². The van der Waals surface area contributed by atoms with Gasteiger partial charge in [0.15, 0.2) is 0 Å². The first-order chi connectivity index (χ1) is 9.36. The lowest BCUT2D eigenvalue weighted by molar-refractivity contribution is 0.102. The fraction of sp³-hybridized carbons (Fsp3) is 0.133. The summed E-state index contributed by atoms with van der Waals surface area (Å²) in [6.45, 7) is 3.72. The van der Waals surface area contributed by atoms with Crippen LogP contribution < -0.4 is 11.1 Å². The smallest absolute Gasteiger partial charge is 0.255 e. The summed E-state index contributed by atoms with van der Waals surface area (Å²) >= 11 is 3.17. The fourth-order valence-corrected chi connectivity index (χ4v) is 2.32. The van der Waals surface area contributed by atoms with Crippen molar-refractivity contribution in [2.24, 2.45) is 0 Å². The SMILES string of the molecule is Cc1cc(NC(=O)c2cc(F)cc(Br)c2)c(C)cc1N. The van der Waals surface area contributed by atoms with E-state index in [-0.39, 0.29) is 11.5 Å². The quantitative estimate of drug-likeness (QED) is 0.813. The van der Waals surface area contributed by atoms with Gasteiger partial charge in [-0.25, -0.2) is 4.39 Å². The number of rotatable bonds is 2. The Labute approximate surface area is 125 Å². The molecule has 2 aromatic carbocycles. The summed E-state index contributed by atoms with van der Waals surface area (Å²) in [5, 5.41) is 2.77. The molecule has 0 saturated carbocycles. The number of benzene rings is 2. The van der Waals surface area contributed by atoms with Gasteiger partial charge in [0.2, 0.25) is 0 Å². The standard InChI is InChI=1S/C15H14BrFN2O/c1-8-4-14(9(2)3-13(8)18)19-15(20)10-5-11(16)7-12(17)6-10/h3-7H,18H2,1-2H3,(H,19,20). The molecule has 0 fully saturated rings. The Balaban J connectivity index is 2.30. The molecular formula is C15H14BrFN2O. The molecule has 0 aliphatic rings. The van der Waals surface area contributed by atoms with Crippen molar-refractivity contribution in [2.75, 3.05) is 11.1 Å². The Morgan fingerprint density at radius 1 is 1.15 bits per heavy atom. The Morgan fingerprint density at radius 2 is 1.85 bits per heavy atom. The molecule has 3 nitrogen and oxygen atoms in total. The highest BCUT2D eigenvalue weighted by atomic mass is 79.9. The van der Waals surface area contributed by atoms with Crippen LogP contribution in [0.4, 0.5) is 15.8 Å². The molecule has 104 valence electrons. The third-order valence-electron chi connectivity index (χ3n) is 2.99. The topological polar surface area (TPSA) is 55.1 Å². The lowest BCUT2D eigenvalue weighted by atomic mass is 10.1. The van der Waals surface area contributed by atoms with E-state index >= 15 is 0 Å². The van der Waals surface area contributed by atoms with E-state index in [9.17, 15) is 9.18 Å². The number of carbonyl (C=O) groups is 1. The minimum Gasteiger partial charge on any atom is -0.399 e. The highest BCUT2D eigenvalue weighted by Crippen LogP contribution is 2.23. The monoisotopic (exact) mass is 336 g/mol. The number of nitrogens with one attached hydrogen (secondary N) is 1. The maximum absolute atomic E-state index is 13.3. The zero-order valence-corrected chi connectivity index (χ0v) is 12.7. The summed E-state index contributed by atoms with van der Waals surface area (Å²) in [7, 11) is 0. The van der Waals surface area contributed by atoms with E-state index in [1.807, 2.05) is 13.8 Å². The summed E-state index contributed by atoms with van der Waals surface area (Å²) in [6, 6.07) is 7.66. The molecule has 0 radical (unpaired) electrons. The summed E-state index contributed by atoms with van der Waals surface area (Å²) in [6.07, 6.45) is 0. The summed E-state index contributed by atoms with van der Waals surface area (Å²) in [5.74, 6) is -0.827. The van der Waals surface area contributed by atoms with Crippen molar-refractivity contribution in [2.45, 2.75) is 13.8 Å². The number of carbonyl (C=O) groups excluding carboxylic acids is 1. The van der Waals surface area contributed by atoms with E-state index < -0.39 is 5.82 Å². The Kier molecular flexibility index (Phi) is 4.09. The minimum atomic E-state index is -0.463. The van der Waals surface area contributed by atoms with Crippen molar-refractivity contribution in [1.29, 1.82) is 0 Å². The van der Waals surface area contributed by atoms with Crippen LogP contribution in [0.3, 0.4) is 0 Å². The van der Waals surface area contributed by atoms with E-state index in [4.69, 9.17) is 5.73 Å². The number of hydrogen-bond donors (Lipinski definition) is 2. The molecule has 0 aliphatic carbocycles. The van der Waals surface area contributed by atoms with Crippen LogP contribution in [0.1, 0.15) is 21.5 Å². The highest BCUT2D eigenvalue weighted by molar-refractivity contribution is 9.10. The summed E-state index contributed by atoms with van der Waals surface area (Å²) < 4.78 is 13.8. The highest BCUT2D eigenvalue weighted by Gasteiger charge is 2.11. The molecule has 20 heavy (non-hydrogen) atoms. The predicted octanol–water partition coefficient (Wildman–Crippen LogP) is 4.04. The van der Waals surface area contributed by atoms with Gasteiger partial charge in [-0.05, 0) is 55.3 Å². The fourth-order valence-electron chi connectivity index (χ4n) is 1.85. The summed E-state index contributed by atoms with van der Waals surface area (Å²) in [4.78, 5) is 12.1. The molecule has 0 heterocycles. The molecule has 0 spiro atoms. The van der Waals surface area contributed by atoms with Gasteiger partial charge >= 0.3 is 0 Å². The molecular weight excluding hydrogens is 323 g/mol. The van der Waals surface area contributed by atoms with Crippen molar-refractivity contribution in [3.8, 4) is 0 Å². The van der Waals surface area contributed by atoms with Crippen molar-refractivity contribution in [3.05, 3.63) is 57.3 Å². The van der Waals surface area contributed by atoms with E-state index in [0.717, 1.165) is 11.1 Å². The maximum Gasteiger partial charge on any atom is 0.255 e. The van der Waals surface area contributed by atoms with E-state index in [0.29, 0.717) is 15.8 Å². The zero-order valence-electron chi connectivity index (χ0n) is 11.1. The molecule has 0 aliphatic heterocycles. The first-order valence-electron chi connectivity index (χ1n) is 6.01. The Hall–Kier alpha value is -1.88. The molecule has 0 saturated heterocycles. The Bertz CT molecular complexity index is 666. The van der Waals surface area contributed by atoms with Gasteiger partial charge in [-0.2, -0.15) is 0 Å². The van der Waals surface area contributed by atoms with Crippen LogP contribution in [0, 0.1) is 19.7 Å². The van der Waals surface area contributed by atoms with Crippen molar-refractivity contribution in [1.82, 2.24) is 0 Å². The van der Waals surface area contributed by atoms with Crippen molar-refractivity contribution >= 4 is 33.2 Å². The second-order valence-electron chi connectivity index (χ2n) is 4.64. The third kappa shape index (κ3) is 3.17. The molecule has 2 aromatic rings. The van der Waals surface area contributed by atoms with E-state index in [2.05, 4.69) is 21.2 Å². The molecule has 5 heteroatoms. The van der Waals surface area contributed by atoms with Crippen LogP contribution in [-0.2, 0) is 0 Å². The number of hydrogen-bond acceptors (Lipinski definition) is 2. The number of amides is 1. The number of aryl methyl sites for hydroxylation is 2.